The lowest BCUT2D eigenvalue weighted by molar-refractivity contribution is 0.576. The van der Waals surface area contributed by atoms with Crippen LogP contribution in [0.2, 0.25) is 0 Å². The van der Waals surface area contributed by atoms with Gasteiger partial charge in [-0.2, -0.15) is 8.78 Å². The quantitative estimate of drug-likeness (QED) is 0.551. The molecule has 0 fully saturated rings. The average molecular weight is 320 g/mol. The Balaban J connectivity index is 0.000000151. The molecule has 78 valence electrons. The smallest absolute Gasteiger partial charge is 0.226 e. The Morgan fingerprint density at radius 1 is 0.933 bits per heavy atom. The van der Waals surface area contributed by atoms with Gasteiger partial charge < -0.3 is 0 Å². The molecule has 0 N–H and O–H groups in total. The Hall–Kier alpha value is -1.11. The van der Waals surface area contributed by atoms with Gasteiger partial charge in [0.25, 0.3) is 0 Å². The second-order valence-electron chi connectivity index (χ2n) is 2.43. The Labute approximate surface area is 99.5 Å². The highest BCUT2D eigenvalue weighted by atomic mass is 127. The average Bonchev–Trinajstić information content (AvgIpc) is 2.25. The lowest BCUT2D eigenvalue weighted by atomic mass is 10.5. The van der Waals surface area contributed by atoms with Gasteiger partial charge in [-0.25, -0.2) is 9.97 Å². The second kappa shape index (κ2) is 6.39. The normalized spacial score (nSPS) is 9.00. The third-order valence-electron chi connectivity index (χ3n) is 1.34. The number of rotatable bonds is 0. The van der Waals surface area contributed by atoms with Crippen molar-refractivity contribution in [3.8, 4) is 0 Å². The van der Waals surface area contributed by atoms with Crippen molar-refractivity contribution in [3.05, 3.63) is 58.2 Å². The number of halogens is 3. The van der Waals surface area contributed by atoms with Gasteiger partial charge in [0, 0.05) is 12.4 Å². The summed E-state index contributed by atoms with van der Waals surface area (Å²) in [5, 5.41) is 0. The molecule has 0 aliphatic carbocycles. The number of pyridine rings is 2. The predicted molar refractivity (Wildman–Crippen MR) is 61.1 cm³/mol. The molecule has 0 radical (unpaired) electrons. The number of hydrogen-bond acceptors (Lipinski definition) is 2. The monoisotopic (exact) mass is 320 g/mol. The zero-order valence-corrected chi connectivity index (χ0v) is 9.73. The molecule has 0 spiro atoms. The molecule has 15 heavy (non-hydrogen) atoms. The van der Waals surface area contributed by atoms with Crippen LogP contribution in [-0.2, 0) is 0 Å². The third-order valence-corrected chi connectivity index (χ3v) is 2.15. The molecule has 2 nitrogen and oxygen atoms in total. The Morgan fingerprint density at radius 3 is 2.00 bits per heavy atom. The molecule has 0 aromatic carbocycles. The molecule has 0 unspecified atom stereocenters. The van der Waals surface area contributed by atoms with E-state index in [0.717, 1.165) is 0 Å². The van der Waals surface area contributed by atoms with Gasteiger partial charge in [0.2, 0.25) is 11.9 Å². The molecule has 0 atom stereocenters. The van der Waals surface area contributed by atoms with Crippen LogP contribution in [0.4, 0.5) is 8.78 Å². The van der Waals surface area contributed by atoms with Gasteiger partial charge in [0.15, 0.2) is 0 Å². The van der Waals surface area contributed by atoms with Crippen LogP contribution in [0.15, 0.2) is 42.7 Å². The van der Waals surface area contributed by atoms with E-state index in [1.165, 1.54) is 18.5 Å². The van der Waals surface area contributed by atoms with Gasteiger partial charge in [0.1, 0.15) is 0 Å². The molecule has 0 saturated heterocycles. The van der Waals surface area contributed by atoms with E-state index in [4.69, 9.17) is 0 Å². The number of aromatic nitrogens is 2. The van der Waals surface area contributed by atoms with Gasteiger partial charge in [-0.05, 0) is 46.9 Å². The van der Waals surface area contributed by atoms with Crippen molar-refractivity contribution in [2.75, 3.05) is 0 Å². The summed E-state index contributed by atoms with van der Waals surface area (Å²) in [6.07, 6.45) is 2.84. The van der Waals surface area contributed by atoms with E-state index in [9.17, 15) is 8.78 Å². The summed E-state index contributed by atoms with van der Waals surface area (Å²) in [4.78, 5) is 6.72. The fraction of sp³-hybridized carbons (Fsp3) is 0. The van der Waals surface area contributed by atoms with Gasteiger partial charge in [-0.15, -0.1) is 0 Å². The minimum absolute atomic E-state index is 0.395. The van der Waals surface area contributed by atoms with Crippen molar-refractivity contribution in [2.45, 2.75) is 0 Å². The second-order valence-corrected chi connectivity index (χ2v) is 3.59. The summed E-state index contributed by atoms with van der Waals surface area (Å²) in [5.41, 5.74) is 0. The van der Waals surface area contributed by atoms with Gasteiger partial charge >= 0.3 is 0 Å². The lowest BCUT2D eigenvalue weighted by Gasteiger charge is -1.86. The molecule has 0 aliphatic heterocycles. The van der Waals surface area contributed by atoms with Gasteiger partial charge in [-0.1, -0.05) is 6.07 Å². The first-order valence-electron chi connectivity index (χ1n) is 4.02. The standard InChI is InChI=1S/C5H3FIN.C5H4FN/c6-5-4(7)2-1-3-8-5;6-5-3-1-2-4-7-5/h1-3H;1-4H. The molecule has 0 amide bonds. The molecule has 5 heteroatoms. The molecule has 2 aromatic rings. The minimum atomic E-state index is -0.428. The fourth-order valence-electron chi connectivity index (χ4n) is 0.708. The van der Waals surface area contributed by atoms with Crippen LogP contribution in [0.3, 0.4) is 0 Å². The van der Waals surface area contributed by atoms with Crippen molar-refractivity contribution >= 4 is 22.6 Å². The van der Waals surface area contributed by atoms with Crippen molar-refractivity contribution in [3.63, 3.8) is 0 Å². The lowest BCUT2D eigenvalue weighted by Crippen LogP contribution is -1.82. The van der Waals surface area contributed by atoms with E-state index in [-0.39, 0.29) is 0 Å². The molecular weight excluding hydrogens is 313 g/mol. The number of hydrogen-bond donors (Lipinski definition) is 0. The van der Waals surface area contributed by atoms with E-state index >= 15 is 0 Å². The molecule has 2 heterocycles. The zero-order chi connectivity index (χ0) is 11.1. The predicted octanol–water partition coefficient (Wildman–Crippen LogP) is 3.05. The van der Waals surface area contributed by atoms with Crippen molar-refractivity contribution in [1.82, 2.24) is 9.97 Å². The SMILES string of the molecule is Fc1ccccn1.Fc1ncccc1I. The van der Waals surface area contributed by atoms with Crippen LogP contribution >= 0.6 is 22.6 Å². The Bertz CT molecular complexity index is 388. The van der Waals surface area contributed by atoms with Crippen molar-refractivity contribution in [2.24, 2.45) is 0 Å². The minimum Gasteiger partial charge on any atom is -0.228 e. The molecule has 2 aromatic heterocycles. The summed E-state index contributed by atoms with van der Waals surface area (Å²) < 4.78 is 24.6. The zero-order valence-electron chi connectivity index (χ0n) is 7.57. The first-order valence-corrected chi connectivity index (χ1v) is 5.10. The summed E-state index contributed by atoms with van der Waals surface area (Å²) in [6, 6.07) is 7.94. The van der Waals surface area contributed by atoms with E-state index < -0.39 is 11.9 Å². The van der Waals surface area contributed by atoms with Crippen molar-refractivity contribution in [1.29, 1.82) is 0 Å². The number of nitrogens with zero attached hydrogens (tertiary/aromatic N) is 2. The Kier molecular flexibility index (Phi) is 5.09. The van der Waals surface area contributed by atoms with E-state index in [0.29, 0.717) is 3.57 Å². The van der Waals surface area contributed by atoms with Gasteiger partial charge in [-0.3, -0.25) is 0 Å². The Morgan fingerprint density at radius 2 is 1.67 bits per heavy atom. The summed E-state index contributed by atoms with van der Waals surface area (Å²) in [6.45, 7) is 0. The molecule has 0 aliphatic rings. The maximum atomic E-state index is 12.2. The largest absolute Gasteiger partial charge is 0.228 e. The van der Waals surface area contributed by atoms with Crippen LogP contribution in [0.25, 0.3) is 0 Å². The highest BCUT2D eigenvalue weighted by Gasteiger charge is 1.92. The highest BCUT2D eigenvalue weighted by Crippen LogP contribution is 2.04. The topological polar surface area (TPSA) is 25.8 Å². The maximum absolute atomic E-state index is 12.2. The van der Waals surface area contributed by atoms with Crippen LogP contribution in [-0.4, -0.2) is 9.97 Å². The molecule has 0 saturated carbocycles. The van der Waals surface area contributed by atoms with Gasteiger partial charge in [0.05, 0.1) is 3.57 Å². The van der Waals surface area contributed by atoms with Crippen LogP contribution in [0, 0.1) is 15.5 Å². The summed E-state index contributed by atoms with van der Waals surface area (Å²) in [7, 11) is 0. The third kappa shape index (κ3) is 4.78. The van der Waals surface area contributed by atoms with E-state index in [1.807, 2.05) is 22.6 Å². The molecular formula is C10H7F2IN2. The van der Waals surface area contributed by atoms with Crippen LogP contribution < -0.4 is 0 Å². The maximum Gasteiger partial charge on any atom is 0.226 e. The first-order chi connectivity index (χ1) is 7.20. The van der Waals surface area contributed by atoms with Crippen LogP contribution in [0.1, 0.15) is 0 Å². The molecule has 0 bridgehead atoms. The van der Waals surface area contributed by atoms with Crippen molar-refractivity contribution < 1.29 is 8.78 Å². The highest BCUT2D eigenvalue weighted by molar-refractivity contribution is 14.1. The van der Waals surface area contributed by atoms with Crippen LogP contribution in [0.5, 0.6) is 0 Å². The summed E-state index contributed by atoms with van der Waals surface area (Å²) >= 11 is 1.89. The first kappa shape index (κ1) is 12.0. The summed E-state index contributed by atoms with van der Waals surface area (Å²) in [5.74, 6) is -0.824. The van der Waals surface area contributed by atoms with E-state index in [2.05, 4.69) is 9.97 Å². The molecule has 2 rings (SSSR count). The fourth-order valence-corrected chi connectivity index (χ4v) is 1.06. The van der Waals surface area contributed by atoms with E-state index in [1.54, 1.807) is 24.3 Å².